The van der Waals surface area contributed by atoms with Crippen molar-refractivity contribution in [2.45, 2.75) is 19.9 Å². The first-order valence-electron chi connectivity index (χ1n) is 6.37. The van der Waals surface area contributed by atoms with Crippen LogP contribution in [0.4, 0.5) is 0 Å². The van der Waals surface area contributed by atoms with Crippen LogP contribution < -0.4 is 0 Å². The summed E-state index contributed by atoms with van der Waals surface area (Å²) in [7, 11) is 4.16. The van der Waals surface area contributed by atoms with Crippen molar-refractivity contribution in [1.29, 1.82) is 0 Å². The van der Waals surface area contributed by atoms with Gasteiger partial charge in [-0.15, -0.1) is 0 Å². The molecule has 1 aliphatic heterocycles. The van der Waals surface area contributed by atoms with Gasteiger partial charge in [-0.05, 0) is 45.1 Å². The fourth-order valence-electron chi connectivity index (χ4n) is 2.98. The highest BCUT2D eigenvalue weighted by atomic mass is 32.1. The molecule has 1 unspecified atom stereocenters. The van der Waals surface area contributed by atoms with E-state index in [1.807, 2.05) is 18.7 Å². The van der Waals surface area contributed by atoms with E-state index in [1.54, 1.807) is 0 Å². The van der Waals surface area contributed by atoms with Crippen LogP contribution in [0.15, 0.2) is 0 Å². The van der Waals surface area contributed by atoms with Gasteiger partial charge in [-0.2, -0.15) is 5.10 Å². The minimum absolute atomic E-state index is 0.691. The number of hydrogen-bond acceptors (Lipinski definition) is 3. The molecule has 3 heterocycles. The van der Waals surface area contributed by atoms with E-state index in [9.17, 15) is 0 Å². The number of nitrogens with zero attached hydrogens (tertiary/aromatic N) is 4. The Bertz CT molecular complexity index is 635. The highest BCUT2D eigenvalue weighted by Gasteiger charge is 2.22. The third kappa shape index (κ3) is 1.80. The molecule has 1 fully saturated rings. The van der Waals surface area contributed by atoms with Crippen molar-refractivity contribution in [3.63, 3.8) is 0 Å². The smallest absolute Gasteiger partial charge is 0.179 e. The Morgan fingerprint density at radius 3 is 2.89 bits per heavy atom. The minimum atomic E-state index is 0.691. The second kappa shape index (κ2) is 4.20. The normalized spacial score (nSPS) is 21.2. The quantitative estimate of drug-likeness (QED) is 0.840. The van der Waals surface area contributed by atoms with Gasteiger partial charge >= 0.3 is 0 Å². The predicted octanol–water partition coefficient (Wildman–Crippen LogP) is 1.69. The molecule has 1 atom stereocenters. The Morgan fingerprint density at radius 1 is 1.44 bits per heavy atom. The van der Waals surface area contributed by atoms with Crippen LogP contribution in [0, 0.1) is 17.6 Å². The maximum atomic E-state index is 5.44. The number of aryl methyl sites for hydroxylation is 2. The Hall–Kier alpha value is -1.14. The number of nitrogens with one attached hydrogen (secondary N) is 1. The topological polar surface area (TPSA) is 41.8 Å². The van der Waals surface area contributed by atoms with Crippen molar-refractivity contribution in [3.8, 4) is 0 Å². The molecule has 0 aliphatic carbocycles. The van der Waals surface area contributed by atoms with Gasteiger partial charge in [0.15, 0.2) is 10.4 Å². The molecule has 0 spiro atoms. The number of H-pyrrole nitrogens is 1. The number of aromatic amines is 1. The number of aromatic nitrogens is 4. The van der Waals surface area contributed by atoms with Gasteiger partial charge in [0.2, 0.25) is 0 Å². The predicted molar refractivity (Wildman–Crippen MR) is 74.2 cm³/mol. The summed E-state index contributed by atoms with van der Waals surface area (Å²) in [6, 6.07) is 0. The Labute approximate surface area is 111 Å². The maximum absolute atomic E-state index is 5.44. The summed E-state index contributed by atoms with van der Waals surface area (Å²) >= 11 is 5.44. The van der Waals surface area contributed by atoms with E-state index < -0.39 is 0 Å². The van der Waals surface area contributed by atoms with Gasteiger partial charge in [-0.3, -0.25) is 4.68 Å². The van der Waals surface area contributed by atoms with E-state index in [2.05, 4.69) is 26.6 Å². The van der Waals surface area contributed by atoms with Gasteiger partial charge < -0.3 is 14.5 Å². The summed E-state index contributed by atoms with van der Waals surface area (Å²) < 4.78 is 4.94. The van der Waals surface area contributed by atoms with Crippen molar-refractivity contribution in [2.75, 3.05) is 20.1 Å². The number of imidazole rings is 1. The molecule has 0 saturated carbocycles. The summed E-state index contributed by atoms with van der Waals surface area (Å²) in [6.07, 6.45) is 1.25. The summed E-state index contributed by atoms with van der Waals surface area (Å²) in [5, 5.41) is 4.45. The zero-order chi connectivity index (χ0) is 12.9. The molecule has 0 radical (unpaired) electrons. The zero-order valence-corrected chi connectivity index (χ0v) is 11.9. The van der Waals surface area contributed by atoms with Crippen molar-refractivity contribution in [2.24, 2.45) is 13.0 Å². The zero-order valence-electron chi connectivity index (χ0n) is 11.1. The second-order valence-electron chi connectivity index (χ2n) is 5.37. The van der Waals surface area contributed by atoms with Gasteiger partial charge in [0.05, 0.1) is 5.69 Å². The molecule has 98 valence electrons. The van der Waals surface area contributed by atoms with Gasteiger partial charge in [-0.1, -0.05) is 0 Å². The highest BCUT2D eigenvalue weighted by Crippen LogP contribution is 2.22. The number of fused-ring (bicyclic) bond motifs is 1. The van der Waals surface area contributed by atoms with Crippen molar-refractivity contribution in [3.05, 3.63) is 10.5 Å². The van der Waals surface area contributed by atoms with Crippen molar-refractivity contribution >= 4 is 23.4 Å². The lowest BCUT2D eigenvalue weighted by molar-refractivity contribution is 0.378. The van der Waals surface area contributed by atoms with E-state index in [-0.39, 0.29) is 0 Å². The third-order valence-electron chi connectivity index (χ3n) is 3.85. The highest BCUT2D eigenvalue weighted by molar-refractivity contribution is 7.71. The second-order valence-corrected chi connectivity index (χ2v) is 5.75. The third-order valence-corrected chi connectivity index (χ3v) is 4.18. The molecule has 0 aromatic carbocycles. The SMILES string of the molecule is Cc1nn(C)c2c1[nH]c(=S)n2CC1CCN(C)C1. The first-order valence-corrected chi connectivity index (χ1v) is 6.77. The van der Waals surface area contributed by atoms with Crippen LogP contribution in [-0.2, 0) is 13.6 Å². The molecule has 0 amide bonds. The molecule has 1 N–H and O–H groups in total. The number of rotatable bonds is 2. The Morgan fingerprint density at radius 2 is 2.22 bits per heavy atom. The lowest BCUT2D eigenvalue weighted by atomic mass is 10.1. The monoisotopic (exact) mass is 265 g/mol. The van der Waals surface area contributed by atoms with E-state index in [0.29, 0.717) is 5.92 Å². The van der Waals surface area contributed by atoms with E-state index in [1.165, 1.54) is 13.0 Å². The van der Waals surface area contributed by atoms with Gasteiger partial charge in [0.1, 0.15) is 5.52 Å². The molecule has 5 nitrogen and oxygen atoms in total. The molecule has 2 aromatic rings. The summed E-state index contributed by atoms with van der Waals surface area (Å²) in [5.41, 5.74) is 3.21. The van der Waals surface area contributed by atoms with Crippen LogP contribution in [0.25, 0.3) is 11.2 Å². The Balaban J connectivity index is 2.01. The molecule has 6 heteroatoms. The molecule has 18 heavy (non-hydrogen) atoms. The van der Waals surface area contributed by atoms with Crippen LogP contribution in [0.1, 0.15) is 12.1 Å². The summed E-state index contributed by atoms with van der Waals surface area (Å²) in [5.74, 6) is 0.691. The molecule has 3 rings (SSSR count). The van der Waals surface area contributed by atoms with Crippen molar-refractivity contribution < 1.29 is 0 Å². The fourth-order valence-corrected chi connectivity index (χ4v) is 3.24. The molecule has 0 bridgehead atoms. The van der Waals surface area contributed by atoms with Crippen molar-refractivity contribution in [1.82, 2.24) is 24.2 Å². The number of likely N-dealkylation sites (tertiary alicyclic amines) is 1. The molecular formula is C12H19N5S. The van der Waals surface area contributed by atoms with E-state index in [4.69, 9.17) is 12.2 Å². The van der Waals surface area contributed by atoms with Crippen LogP contribution in [0.2, 0.25) is 0 Å². The minimum Gasteiger partial charge on any atom is -0.328 e. The lowest BCUT2D eigenvalue weighted by Gasteiger charge is -2.12. The van der Waals surface area contributed by atoms with E-state index >= 15 is 0 Å². The average molecular weight is 265 g/mol. The van der Waals surface area contributed by atoms with E-state index in [0.717, 1.165) is 34.7 Å². The molecule has 1 saturated heterocycles. The molecular weight excluding hydrogens is 246 g/mol. The first kappa shape index (κ1) is 11.9. The van der Waals surface area contributed by atoms with Crippen LogP contribution >= 0.6 is 12.2 Å². The largest absolute Gasteiger partial charge is 0.328 e. The van der Waals surface area contributed by atoms with Crippen LogP contribution in [-0.4, -0.2) is 44.4 Å². The van der Waals surface area contributed by atoms with Gasteiger partial charge in [0.25, 0.3) is 0 Å². The standard InChI is InChI=1S/C12H19N5S/c1-8-10-11(16(3)14-8)17(12(18)13-10)7-9-4-5-15(2)6-9/h9H,4-7H2,1-3H3,(H,13,18). The number of hydrogen-bond donors (Lipinski definition) is 1. The summed E-state index contributed by atoms with van der Waals surface area (Å²) in [6.45, 7) is 5.35. The van der Waals surface area contributed by atoms with Crippen LogP contribution in [0.5, 0.6) is 0 Å². The maximum Gasteiger partial charge on any atom is 0.179 e. The summed E-state index contributed by atoms with van der Waals surface area (Å²) in [4.78, 5) is 5.66. The lowest BCUT2D eigenvalue weighted by Crippen LogP contribution is -2.17. The fraction of sp³-hybridized carbons (Fsp3) is 0.667. The van der Waals surface area contributed by atoms with Gasteiger partial charge in [-0.25, -0.2) is 0 Å². The Kier molecular flexibility index (Phi) is 2.79. The molecule has 2 aromatic heterocycles. The first-order chi connectivity index (χ1) is 8.56. The van der Waals surface area contributed by atoms with Crippen LogP contribution in [0.3, 0.4) is 0 Å². The van der Waals surface area contributed by atoms with Gasteiger partial charge in [0, 0.05) is 20.1 Å². The molecule has 1 aliphatic rings. The average Bonchev–Trinajstić information content (AvgIpc) is 2.91.